The maximum atomic E-state index is 13.1. The lowest BCUT2D eigenvalue weighted by Gasteiger charge is -2.18. The molecule has 4 rings (SSSR count). The summed E-state index contributed by atoms with van der Waals surface area (Å²) in [5.41, 5.74) is 2.27. The van der Waals surface area contributed by atoms with Crippen molar-refractivity contribution in [2.75, 3.05) is 21.3 Å². The first kappa shape index (κ1) is 26.1. The van der Waals surface area contributed by atoms with Crippen LogP contribution in [-0.4, -0.2) is 38.4 Å². The first-order chi connectivity index (χ1) is 17.9. The van der Waals surface area contributed by atoms with Crippen LogP contribution < -0.4 is 18.9 Å². The zero-order valence-corrected chi connectivity index (χ0v) is 22.1. The summed E-state index contributed by atoms with van der Waals surface area (Å²) in [5.74, 6) is 1.33. The van der Waals surface area contributed by atoms with E-state index < -0.39 is 5.97 Å². The molecule has 0 N–H and O–H groups in total. The highest BCUT2D eigenvalue weighted by molar-refractivity contribution is 6.35. The molecule has 0 aliphatic rings. The Labute approximate surface area is 220 Å². The van der Waals surface area contributed by atoms with E-state index in [2.05, 4.69) is 4.98 Å². The van der Waals surface area contributed by atoms with Crippen LogP contribution in [0.15, 0.2) is 60.7 Å². The van der Waals surface area contributed by atoms with Crippen LogP contribution in [0.3, 0.4) is 0 Å². The zero-order chi connectivity index (χ0) is 26.5. The maximum absolute atomic E-state index is 13.1. The smallest absolute Gasteiger partial charge is 0.357 e. The predicted molar refractivity (Wildman–Crippen MR) is 143 cm³/mol. The summed E-state index contributed by atoms with van der Waals surface area (Å²) in [6.45, 7) is 3.95. The standard InChI is InChI=1S/C29H28ClNO6/c1-17(2)37-29(32)26-25(19-13-23(33-3)27(35-5)24(14-19)34-4)21-12-11-20(15-22(21)28(30)31-26)36-16-18-9-7-6-8-10-18/h6-15,17H,16H2,1-5H3. The van der Waals surface area contributed by atoms with Crippen LogP contribution in [0.4, 0.5) is 0 Å². The molecular formula is C29H28ClNO6. The summed E-state index contributed by atoms with van der Waals surface area (Å²) in [7, 11) is 4.59. The van der Waals surface area contributed by atoms with E-state index in [0.717, 1.165) is 5.56 Å². The summed E-state index contributed by atoms with van der Waals surface area (Å²) in [6, 6.07) is 18.9. The largest absolute Gasteiger partial charge is 0.493 e. The lowest BCUT2D eigenvalue weighted by atomic mass is 9.96. The molecular weight excluding hydrogens is 494 g/mol. The molecule has 0 unspecified atom stereocenters. The van der Waals surface area contributed by atoms with Gasteiger partial charge in [0.25, 0.3) is 0 Å². The van der Waals surface area contributed by atoms with E-state index in [1.54, 1.807) is 26.0 Å². The Bertz CT molecular complexity index is 1400. The number of benzene rings is 3. The highest BCUT2D eigenvalue weighted by atomic mass is 35.5. The number of nitrogens with zero attached hydrogens (tertiary/aromatic N) is 1. The molecule has 0 bridgehead atoms. The van der Waals surface area contributed by atoms with E-state index >= 15 is 0 Å². The van der Waals surface area contributed by atoms with Crippen LogP contribution in [0.25, 0.3) is 21.9 Å². The van der Waals surface area contributed by atoms with E-state index in [-0.39, 0.29) is 17.0 Å². The van der Waals surface area contributed by atoms with Gasteiger partial charge in [-0.1, -0.05) is 41.9 Å². The lowest BCUT2D eigenvalue weighted by Crippen LogP contribution is -2.15. The molecule has 0 radical (unpaired) electrons. The van der Waals surface area contributed by atoms with Crippen LogP contribution in [0.5, 0.6) is 23.0 Å². The number of halogens is 1. The highest BCUT2D eigenvalue weighted by Crippen LogP contribution is 2.44. The molecule has 4 aromatic rings. The van der Waals surface area contributed by atoms with E-state index in [1.807, 2.05) is 48.5 Å². The molecule has 0 atom stereocenters. The number of rotatable bonds is 9. The minimum Gasteiger partial charge on any atom is -0.493 e. The number of carbonyl (C=O) groups is 1. The number of hydrogen-bond donors (Lipinski definition) is 0. The average molecular weight is 522 g/mol. The molecule has 192 valence electrons. The van der Waals surface area contributed by atoms with Gasteiger partial charge >= 0.3 is 5.97 Å². The molecule has 37 heavy (non-hydrogen) atoms. The molecule has 0 fully saturated rings. The van der Waals surface area contributed by atoms with Crippen molar-refractivity contribution in [3.63, 3.8) is 0 Å². The summed E-state index contributed by atoms with van der Waals surface area (Å²) < 4.78 is 28.1. The predicted octanol–water partition coefficient (Wildman–Crippen LogP) is 6.73. The van der Waals surface area contributed by atoms with Gasteiger partial charge in [0, 0.05) is 10.9 Å². The summed E-state index contributed by atoms with van der Waals surface area (Å²) >= 11 is 6.61. The quantitative estimate of drug-likeness (QED) is 0.178. The normalized spacial score (nSPS) is 10.9. The van der Waals surface area contributed by atoms with E-state index in [1.165, 1.54) is 21.3 Å². The number of hydrogen-bond acceptors (Lipinski definition) is 7. The van der Waals surface area contributed by atoms with Crippen molar-refractivity contribution < 1.29 is 28.5 Å². The van der Waals surface area contributed by atoms with Crippen LogP contribution in [0.1, 0.15) is 29.9 Å². The minimum atomic E-state index is -0.591. The van der Waals surface area contributed by atoms with Gasteiger partial charge in [-0.2, -0.15) is 0 Å². The first-order valence-electron chi connectivity index (χ1n) is 11.7. The number of ether oxygens (including phenoxy) is 5. The first-order valence-corrected chi connectivity index (χ1v) is 12.0. The van der Waals surface area contributed by atoms with Gasteiger partial charge in [-0.15, -0.1) is 0 Å². The molecule has 1 aromatic heterocycles. The molecule has 8 heteroatoms. The Balaban J connectivity index is 1.90. The molecule has 1 heterocycles. The third-order valence-corrected chi connectivity index (χ3v) is 5.96. The number of fused-ring (bicyclic) bond motifs is 1. The SMILES string of the molecule is COc1cc(-c2c(C(=O)OC(C)C)nc(Cl)c3cc(OCc4ccccc4)ccc23)cc(OC)c1OC. The van der Waals surface area contributed by atoms with Gasteiger partial charge in [0.1, 0.15) is 17.5 Å². The van der Waals surface area contributed by atoms with Crippen molar-refractivity contribution in [3.05, 3.63) is 77.1 Å². The molecule has 7 nitrogen and oxygen atoms in total. The number of methoxy groups -OCH3 is 3. The lowest BCUT2D eigenvalue weighted by molar-refractivity contribution is 0.0372. The fourth-order valence-corrected chi connectivity index (χ4v) is 4.26. The molecule has 0 saturated carbocycles. The Morgan fingerprint density at radius 2 is 1.57 bits per heavy atom. The number of carbonyl (C=O) groups excluding carboxylic acids is 1. The van der Waals surface area contributed by atoms with Crippen molar-refractivity contribution in [1.82, 2.24) is 4.98 Å². The second-order valence-corrected chi connectivity index (χ2v) is 8.83. The summed E-state index contributed by atoms with van der Waals surface area (Å²) in [6.07, 6.45) is -0.342. The molecule has 3 aromatic carbocycles. The van der Waals surface area contributed by atoms with E-state index in [0.29, 0.717) is 51.5 Å². The van der Waals surface area contributed by atoms with Crippen molar-refractivity contribution >= 4 is 28.3 Å². The third-order valence-electron chi connectivity index (χ3n) is 5.67. The van der Waals surface area contributed by atoms with Gasteiger partial charge in [0.05, 0.1) is 27.4 Å². The molecule has 0 aliphatic heterocycles. The maximum Gasteiger partial charge on any atom is 0.357 e. The van der Waals surface area contributed by atoms with Gasteiger partial charge < -0.3 is 23.7 Å². The van der Waals surface area contributed by atoms with Crippen LogP contribution in [0, 0.1) is 0 Å². The molecule has 0 spiro atoms. The van der Waals surface area contributed by atoms with Gasteiger partial charge in [0.2, 0.25) is 5.75 Å². The summed E-state index contributed by atoms with van der Waals surface area (Å²) in [5, 5.41) is 1.47. The molecule has 0 saturated heterocycles. The average Bonchev–Trinajstić information content (AvgIpc) is 2.91. The fraction of sp³-hybridized carbons (Fsp3) is 0.241. The number of aromatic nitrogens is 1. The minimum absolute atomic E-state index is 0.0819. The van der Waals surface area contributed by atoms with Crippen molar-refractivity contribution in [1.29, 1.82) is 0 Å². The van der Waals surface area contributed by atoms with Gasteiger partial charge in [-0.05, 0) is 60.7 Å². The van der Waals surface area contributed by atoms with Gasteiger partial charge in [-0.25, -0.2) is 9.78 Å². The zero-order valence-electron chi connectivity index (χ0n) is 21.3. The highest BCUT2D eigenvalue weighted by Gasteiger charge is 2.25. The Kier molecular flexibility index (Phi) is 8.04. The van der Waals surface area contributed by atoms with Gasteiger partial charge in [0.15, 0.2) is 17.2 Å². The number of esters is 1. The van der Waals surface area contributed by atoms with Crippen molar-refractivity contribution in [2.24, 2.45) is 0 Å². The fourth-order valence-electron chi connectivity index (χ4n) is 4.02. The monoisotopic (exact) mass is 521 g/mol. The van der Waals surface area contributed by atoms with E-state index in [4.69, 9.17) is 35.3 Å². The number of pyridine rings is 1. The van der Waals surface area contributed by atoms with E-state index in [9.17, 15) is 4.79 Å². The van der Waals surface area contributed by atoms with Crippen molar-refractivity contribution in [3.8, 4) is 34.1 Å². The molecule has 0 amide bonds. The topological polar surface area (TPSA) is 76.1 Å². The second kappa shape index (κ2) is 11.4. The van der Waals surface area contributed by atoms with Crippen LogP contribution >= 0.6 is 11.6 Å². The third kappa shape index (κ3) is 5.57. The summed E-state index contributed by atoms with van der Waals surface area (Å²) in [4.78, 5) is 17.6. The Morgan fingerprint density at radius 3 is 2.16 bits per heavy atom. The Hall–Kier alpha value is -3.97. The Morgan fingerprint density at radius 1 is 0.892 bits per heavy atom. The van der Waals surface area contributed by atoms with Crippen LogP contribution in [-0.2, 0) is 11.3 Å². The van der Waals surface area contributed by atoms with Crippen LogP contribution in [0.2, 0.25) is 5.15 Å². The van der Waals surface area contributed by atoms with Gasteiger partial charge in [-0.3, -0.25) is 0 Å². The molecule has 0 aliphatic carbocycles. The second-order valence-electron chi connectivity index (χ2n) is 8.48. The van der Waals surface area contributed by atoms with Crippen molar-refractivity contribution in [2.45, 2.75) is 26.6 Å².